The summed E-state index contributed by atoms with van der Waals surface area (Å²) in [4.78, 5) is 0. The summed E-state index contributed by atoms with van der Waals surface area (Å²) in [6, 6.07) is 2.80. The predicted molar refractivity (Wildman–Crippen MR) is 82.6 cm³/mol. The van der Waals surface area contributed by atoms with Crippen LogP contribution in [0.25, 0.3) is 0 Å². The van der Waals surface area contributed by atoms with Crippen molar-refractivity contribution in [1.82, 2.24) is 10.6 Å². The molecule has 0 bridgehead atoms. The van der Waals surface area contributed by atoms with Crippen LogP contribution < -0.4 is 22.1 Å². The number of rotatable bonds is 10. The minimum absolute atomic E-state index is 0.765. The van der Waals surface area contributed by atoms with Gasteiger partial charge < -0.3 is 22.1 Å². The molecule has 0 heterocycles. The molecule has 100 valence electrons. The van der Waals surface area contributed by atoms with Gasteiger partial charge in [0.05, 0.1) is 0 Å². The van der Waals surface area contributed by atoms with Crippen LogP contribution in [0.3, 0.4) is 0 Å². The van der Waals surface area contributed by atoms with Crippen LogP contribution >= 0.6 is 0 Å². The van der Waals surface area contributed by atoms with E-state index in [1.807, 2.05) is 0 Å². The Morgan fingerprint density at radius 1 is 0.688 bits per heavy atom. The summed E-state index contributed by atoms with van der Waals surface area (Å²) in [6.07, 6.45) is 2.65. The van der Waals surface area contributed by atoms with E-state index in [0.717, 1.165) is 39.3 Å². The molecule has 0 aromatic carbocycles. The lowest BCUT2D eigenvalue weighted by Crippen LogP contribution is -2.23. The van der Waals surface area contributed by atoms with Gasteiger partial charge in [0.25, 0.3) is 0 Å². The van der Waals surface area contributed by atoms with Crippen molar-refractivity contribution in [2.75, 3.05) is 39.3 Å². The maximum absolute atomic E-state index is 5.26. The highest BCUT2D eigenvalue weighted by Crippen LogP contribution is 1.78. The van der Waals surface area contributed by atoms with Crippen molar-refractivity contribution < 1.29 is 0 Å². The lowest BCUT2D eigenvalue weighted by atomic mass is 10.5. The summed E-state index contributed by atoms with van der Waals surface area (Å²) in [7, 11) is 2.67. The molecule has 0 aliphatic heterocycles. The van der Waals surface area contributed by atoms with Gasteiger partial charge in [0, 0.05) is 46.7 Å². The van der Waals surface area contributed by atoms with E-state index in [9.17, 15) is 0 Å². The van der Waals surface area contributed by atoms with Gasteiger partial charge >= 0.3 is 0 Å². The molecule has 0 fully saturated rings. The van der Waals surface area contributed by atoms with Crippen molar-refractivity contribution in [3.8, 4) is 0 Å². The molecule has 6 N–H and O–H groups in total. The molecule has 0 amide bonds. The van der Waals surface area contributed by atoms with E-state index in [4.69, 9.17) is 11.5 Å². The molecular weight excluding hydrogens is 232 g/mol. The van der Waals surface area contributed by atoms with Gasteiger partial charge in [-0.25, -0.2) is 0 Å². The van der Waals surface area contributed by atoms with Crippen molar-refractivity contribution in [1.29, 1.82) is 0 Å². The zero-order chi connectivity index (χ0) is 12.5. The first kappa shape index (κ1) is 18.6. The van der Waals surface area contributed by atoms with E-state index in [0.29, 0.717) is 0 Å². The quantitative estimate of drug-likeness (QED) is 0.258. The maximum atomic E-state index is 5.26. The minimum atomic E-state index is 0.765. The van der Waals surface area contributed by atoms with E-state index in [1.165, 1.54) is 45.4 Å². The highest BCUT2D eigenvalue weighted by molar-refractivity contribution is 6.08. The third kappa shape index (κ3) is 23.8. The monoisotopic (exact) mass is 264 g/mol. The smallest absolute Gasteiger partial charge is 0.00744 e. The Balaban J connectivity index is 0. The van der Waals surface area contributed by atoms with Gasteiger partial charge in [0.15, 0.2) is 0 Å². The van der Waals surface area contributed by atoms with Crippen LogP contribution in [0.2, 0.25) is 12.1 Å². The first-order valence-corrected chi connectivity index (χ1v) is 9.47. The summed E-state index contributed by atoms with van der Waals surface area (Å²) in [6.45, 7) is 5.78. The topological polar surface area (TPSA) is 76.1 Å². The number of nitrogens with one attached hydrogen (secondary N) is 2. The summed E-state index contributed by atoms with van der Waals surface area (Å²) in [5.74, 6) is 0. The Bertz CT molecular complexity index is 82.8. The maximum Gasteiger partial charge on any atom is 0.00744 e. The molecule has 0 aromatic rings. The minimum Gasteiger partial charge on any atom is -0.329 e. The van der Waals surface area contributed by atoms with E-state index in [-0.39, 0.29) is 0 Å². The zero-order valence-corrected chi connectivity index (χ0v) is 15.2. The Kier molecular flexibility index (Phi) is 24.1. The third-order valence-electron chi connectivity index (χ3n) is 2.06. The van der Waals surface area contributed by atoms with Crippen LogP contribution in [0.15, 0.2) is 0 Å². The number of nitrogens with two attached hydrogens (primary N) is 2. The molecule has 0 saturated carbocycles. The average molecular weight is 265 g/mol. The summed E-state index contributed by atoms with van der Waals surface area (Å²) < 4.78 is 0. The fourth-order valence-electron chi connectivity index (χ4n) is 1.06. The Morgan fingerprint density at radius 3 is 1.31 bits per heavy atom. The molecule has 0 aliphatic rings. The molecule has 16 heavy (non-hydrogen) atoms. The van der Waals surface area contributed by atoms with Crippen LogP contribution in [0.1, 0.15) is 12.8 Å². The molecule has 4 nitrogen and oxygen atoms in total. The van der Waals surface area contributed by atoms with Gasteiger partial charge in [-0.1, -0.05) is 12.1 Å². The lowest BCUT2D eigenvalue weighted by Gasteiger charge is -1.98. The first-order chi connectivity index (χ1) is 7.83. The van der Waals surface area contributed by atoms with Crippen molar-refractivity contribution in [3.05, 3.63) is 0 Å². The molecule has 6 heteroatoms. The van der Waals surface area contributed by atoms with Crippen LogP contribution in [0, 0.1) is 0 Å². The van der Waals surface area contributed by atoms with Crippen molar-refractivity contribution >= 4 is 20.5 Å². The van der Waals surface area contributed by atoms with Crippen LogP contribution in [0.4, 0.5) is 0 Å². The van der Waals surface area contributed by atoms with Crippen molar-refractivity contribution in [2.24, 2.45) is 11.5 Å². The molecule has 0 rings (SSSR count). The van der Waals surface area contributed by atoms with E-state index >= 15 is 0 Å². The van der Waals surface area contributed by atoms with Gasteiger partial charge in [0.1, 0.15) is 0 Å². The van der Waals surface area contributed by atoms with Gasteiger partial charge in [-0.2, -0.15) is 0 Å². The normalized spacial score (nSPS) is 10.1. The van der Waals surface area contributed by atoms with Crippen molar-refractivity contribution in [3.63, 3.8) is 0 Å². The first-order valence-electron chi connectivity index (χ1n) is 6.64. The second-order valence-electron chi connectivity index (χ2n) is 3.78. The number of hydrogen-bond acceptors (Lipinski definition) is 4. The van der Waals surface area contributed by atoms with E-state index in [1.54, 1.807) is 0 Å². The lowest BCUT2D eigenvalue weighted by molar-refractivity contribution is 0.678. The van der Waals surface area contributed by atoms with Gasteiger partial charge in [-0.3, -0.25) is 0 Å². The Hall–Kier alpha value is 0.274. The van der Waals surface area contributed by atoms with E-state index < -0.39 is 0 Å². The van der Waals surface area contributed by atoms with Crippen LogP contribution in [-0.2, 0) is 0 Å². The Morgan fingerprint density at radius 2 is 1.06 bits per heavy atom. The number of hydrogen-bond donors (Lipinski definition) is 4. The standard InChI is InChI=1S/2C5H16N2Si/c2*6-2-4-7-3-1-5-8/h2*7H,1-6H2,8H3. The molecule has 0 unspecified atom stereocenters. The summed E-state index contributed by atoms with van der Waals surface area (Å²) in [5.41, 5.74) is 10.5. The highest BCUT2D eigenvalue weighted by atomic mass is 28.1. The fraction of sp³-hybridized carbons (Fsp3) is 1.00. The van der Waals surface area contributed by atoms with Gasteiger partial charge in [0.2, 0.25) is 0 Å². The van der Waals surface area contributed by atoms with Crippen LogP contribution in [0.5, 0.6) is 0 Å². The van der Waals surface area contributed by atoms with Gasteiger partial charge in [-0.15, -0.1) is 0 Å². The molecule has 0 atom stereocenters. The molecular formula is C10H32N4Si2. The molecule has 0 saturated heterocycles. The Labute approximate surface area is 107 Å². The van der Waals surface area contributed by atoms with Crippen molar-refractivity contribution in [2.45, 2.75) is 24.9 Å². The van der Waals surface area contributed by atoms with Gasteiger partial charge in [-0.05, 0) is 25.9 Å². The summed E-state index contributed by atoms with van der Waals surface area (Å²) in [5, 5.41) is 6.47. The second kappa shape index (κ2) is 20.7. The van der Waals surface area contributed by atoms with E-state index in [2.05, 4.69) is 10.6 Å². The molecule has 0 aliphatic carbocycles. The SMILES string of the molecule is NCCNCCC[SiH3].NCCNCCC[SiH3]. The molecule has 0 radical (unpaired) electrons. The summed E-state index contributed by atoms with van der Waals surface area (Å²) >= 11 is 0. The fourth-order valence-corrected chi connectivity index (χ4v) is 1.76. The zero-order valence-electron chi connectivity index (χ0n) is 11.2. The average Bonchev–Trinajstić information content (AvgIpc) is 2.31. The third-order valence-corrected chi connectivity index (χ3v) is 3.47. The van der Waals surface area contributed by atoms with Crippen LogP contribution in [-0.4, -0.2) is 59.8 Å². The largest absolute Gasteiger partial charge is 0.329 e. The molecule has 0 spiro atoms. The molecule has 0 aromatic heterocycles. The highest BCUT2D eigenvalue weighted by Gasteiger charge is 1.81. The second-order valence-corrected chi connectivity index (χ2v) is 5.78. The predicted octanol–water partition coefficient (Wildman–Crippen LogP) is -2.58.